The fourth-order valence-corrected chi connectivity index (χ4v) is 0.773. The molecule has 0 aliphatic rings. The topological polar surface area (TPSA) is 87.4 Å². The van der Waals surface area contributed by atoms with Gasteiger partial charge in [0.05, 0.1) is 5.82 Å². The van der Waals surface area contributed by atoms with E-state index in [1.54, 1.807) is 7.05 Å². The first-order chi connectivity index (χ1) is 6.07. The summed E-state index contributed by atoms with van der Waals surface area (Å²) in [7, 11) is 1.76. The number of nitrogens with one attached hydrogen (secondary N) is 2. The van der Waals surface area contributed by atoms with Gasteiger partial charge in [-0.15, -0.1) is 0 Å². The predicted molar refractivity (Wildman–Crippen MR) is 51.0 cm³/mol. The van der Waals surface area contributed by atoms with E-state index in [4.69, 9.17) is 10.8 Å². The van der Waals surface area contributed by atoms with Gasteiger partial charge >= 0.3 is 5.97 Å². The Morgan fingerprint density at radius 2 is 2.31 bits per heavy atom. The van der Waals surface area contributed by atoms with Gasteiger partial charge in [-0.25, -0.2) is 0 Å². The van der Waals surface area contributed by atoms with Crippen LogP contribution in [0.1, 0.15) is 12.8 Å². The van der Waals surface area contributed by atoms with E-state index in [2.05, 4.69) is 17.2 Å². The Hall–Kier alpha value is -1.23. The van der Waals surface area contributed by atoms with Crippen molar-refractivity contribution in [3.8, 4) is 0 Å². The molecule has 13 heavy (non-hydrogen) atoms. The molecular formula is C8H17N3O2. The summed E-state index contributed by atoms with van der Waals surface area (Å²) < 4.78 is 0. The third kappa shape index (κ3) is 5.98. The van der Waals surface area contributed by atoms with Gasteiger partial charge in [0.1, 0.15) is 6.04 Å². The molecule has 0 aromatic heterocycles. The second-order valence-electron chi connectivity index (χ2n) is 2.74. The lowest BCUT2D eigenvalue weighted by Crippen LogP contribution is -2.31. The molecule has 0 saturated heterocycles. The van der Waals surface area contributed by atoms with E-state index in [0.29, 0.717) is 19.4 Å². The Bertz CT molecular complexity index is 182. The standard InChI is InChI=1S/C8H17N3O2/c1-6(10-2)11-5-3-4-7(9)8(12)13/h7,10-11H,1,3-5,9H2,2H3,(H,12,13). The van der Waals surface area contributed by atoms with E-state index in [1.807, 2.05) is 0 Å². The van der Waals surface area contributed by atoms with Crippen LogP contribution in [0.5, 0.6) is 0 Å². The fraction of sp³-hybridized carbons (Fsp3) is 0.625. The second-order valence-corrected chi connectivity index (χ2v) is 2.74. The lowest BCUT2D eigenvalue weighted by molar-refractivity contribution is -0.138. The lowest BCUT2D eigenvalue weighted by Gasteiger charge is -2.09. The highest BCUT2D eigenvalue weighted by Gasteiger charge is 2.09. The third-order valence-electron chi connectivity index (χ3n) is 1.65. The summed E-state index contributed by atoms with van der Waals surface area (Å²) >= 11 is 0. The van der Waals surface area contributed by atoms with E-state index in [-0.39, 0.29) is 0 Å². The molecule has 0 rings (SSSR count). The summed E-state index contributed by atoms with van der Waals surface area (Å²) in [4.78, 5) is 10.3. The van der Waals surface area contributed by atoms with Crippen LogP contribution in [0.3, 0.4) is 0 Å². The van der Waals surface area contributed by atoms with Gasteiger partial charge < -0.3 is 21.5 Å². The summed E-state index contributed by atoms with van der Waals surface area (Å²) in [6, 6.07) is -0.760. The quantitative estimate of drug-likeness (QED) is 0.402. The smallest absolute Gasteiger partial charge is 0.320 e. The van der Waals surface area contributed by atoms with Crippen LogP contribution >= 0.6 is 0 Å². The van der Waals surface area contributed by atoms with Gasteiger partial charge in [-0.2, -0.15) is 0 Å². The molecule has 0 aromatic carbocycles. The van der Waals surface area contributed by atoms with Crippen molar-refractivity contribution >= 4 is 5.97 Å². The molecule has 5 heteroatoms. The molecule has 0 spiro atoms. The molecule has 0 aliphatic carbocycles. The first-order valence-corrected chi connectivity index (χ1v) is 4.17. The number of carboxylic acid groups (broad SMARTS) is 1. The second kappa shape index (κ2) is 6.30. The summed E-state index contributed by atoms with van der Waals surface area (Å²) in [5.74, 6) is -0.226. The van der Waals surface area contributed by atoms with E-state index in [9.17, 15) is 4.79 Å². The maximum Gasteiger partial charge on any atom is 0.320 e. The van der Waals surface area contributed by atoms with Crippen LogP contribution in [0.25, 0.3) is 0 Å². The Balaban J connectivity index is 3.35. The highest BCUT2D eigenvalue weighted by molar-refractivity contribution is 5.72. The minimum absolute atomic E-state index is 0.472. The molecule has 0 aromatic rings. The van der Waals surface area contributed by atoms with Gasteiger partial charge in [0.15, 0.2) is 0 Å². The fourth-order valence-electron chi connectivity index (χ4n) is 0.773. The molecule has 0 amide bonds. The van der Waals surface area contributed by atoms with Crippen LogP contribution in [0.4, 0.5) is 0 Å². The molecule has 76 valence electrons. The first kappa shape index (κ1) is 11.8. The van der Waals surface area contributed by atoms with Gasteiger partial charge in [-0.1, -0.05) is 6.58 Å². The number of aliphatic carboxylic acids is 1. The zero-order valence-electron chi connectivity index (χ0n) is 7.84. The van der Waals surface area contributed by atoms with Gasteiger partial charge in [-0.05, 0) is 12.8 Å². The van der Waals surface area contributed by atoms with Crippen LogP contribution in [-0.2, 0) is 4.79 Å². The van der Waals surface area contributed by atoms with Crippen molar-refractivity contribution in [1.82, 2.24) is 10.6 Å². The van der Waals surface area contributed by atoms with Crippen LogP contribution in [-0.4, -0.2) is 30.7 Å². The van der Waals surface area contributed by atoms with Gasteiger partial charge in [0.2, 0.25) is 0 Å². The number of carboxylic acids is 1. The number of hydrogen-bond donors (Lipinski definition) is 4. The molecule has 0 aliphatic heterocycles. The Kier molecular flexibility index (Phi) is 5.71. The van der Waals surface area contributed by atoms with E-state index in [1.165, 1.54) is 0 Å². The maximum atomic E-state index is 10.3. The van der Waals surface area contributed by atoms with E-state index >= 15 is 0 Å². The van der Waals surface area contributed by atoms with Crippen LogP contribution in [0, 0.1) is 0 Å². The summed E-state index contributed by atoms with van der Waals surface area (Å²) in [5, 5.41) is 14.3. The van der Waals surface area contributed by atoms with Crippen molar-refractivity contribution in [2.45, 2.75) is 18.9 Å². The Morgan fingerprint density at radius 1 is 1.69 bits per heavy atom. The summed E-state index contributed by atoms with van der Waals surface area (Å²) in [6.07, 6.45) is 1.19. The largest absolute Gasteiger partial charge is 0.480 e. The number of nitrogens with two attached hydrogens (primary N) is 1. The van der Waals surface area contributed by atoms with Crippen molar-refractivity contribution in [2.24, 2.45) is 5.73 Å². The zero-order valence-corrected chi connectivity index (χ0v) is 7.84. The average Bonchev–Trinajstić information content (AvgIpc) is 2.11. The predicted octanol–water partition coefficient (Wildman–Crippen LogP) is -0.541. The third-order valence-corrected chi connectivity index (χ3v) is 1.65. The molecule has 1 unspecified atom stereocenters. The van der Waals surface area contributed by atoms with E-state index in [0.717, 1.165) is 5.82 Å². The van der Waals surface area contributed by atoms with E-state index < -0.39 is 12.0 Å². The maximum absolute atomic E-state index is 10.3. The van der Waals surface area contributed by atoms with Crippen molar-refractivity contribution in [2.75, 3.05) is 13.6 Å². The molecule has 0 bridgehead atoms. The zero-order chi connectivity index (χ0) is 10.3. The average molecular weight is 187 g/mol. The van der Waals surface area contributed by atoms with Crippen molar-refractivity contribution in [3.05, 3.63) is 12.4 Å². The van der Waals surface area contributed by atoms with Crippen LogP contribution < -0.4 is 16.4 Å². The molecule has 0 fully saturated rings. The molecule has 0 saturated carbocycles. The van der Waals surface area contributed by atoms with Crippen molar-refractivity contribution in [3.63, 3.8) is 0 Å². The lowest BCUT2D eigenvalue weighted by atomic mass is 10.2. The molecule has 0 radical (unpaired) electrons. The Morgan fingerprint density at radius 3 is 2.77 bits per heavy atom. The number of hydrogen-bond acceptors (Lipinski definition) is 4. The van der Waals surface area contributed by atoms with Gasteiger partial charge in [0, 0.05) is 13.6 Å². The monoisotopic (exact) mass is 187 g/mol. The van der Waals surface area contributed by atoms with Gasteiger partial charge in [-0.3, -0.25) is 4.79 Å². The molecule has 0 heterocycles. The number of carbonyl (C=O) groups is 1. The minimum atomic E-state index is -0.951. The molecule has 1 atom stereocenters. The SMILES string of the molecule is C=C(NC)NCCCC(N)C(=O)O. The van der Waals surface area contributed by atoms with Crippen LogP contribution in [0.15, 0.2) is 12.4 Å². The summed E-state index contributed by atoms with van der Waals surface area (Å²) in [5.41, 5.74) is 5.30. The first-order valence-electron chi connectivity index (χ1n) is 4.17. The number of rotatable bonds is 7. The van der Waals surface area contributed by atoms with Crippen molar-refractivity contribution in [1.29, 1.82) is 0 Å². The van der Waals surface area contributed by atoms with Crippen molar-refractivity contribution < 1.29 is 9.90 Å². The minimum Gasteiger partial charge on any atom is -0.480 e. The van der Waals surface area contributed by atoms with Crippen LogP contribution in [0.2, 0.25) is 0 Å². The highest BCUT2D eigenvalue weighted by Crippen LogP contribution is 1.93. The van der Waals surface area contributed by atoms with Gasteiger partial charge in [0.25, 0.3) is 0 Å². The molecular weight excluding hydrogens is 170 g/mol. The molecule has 5 N–H and O–H groups in total. The normalized spacial score (nSPS) is 11.8. The highest BCUT2D eigenvalue weighted by atomic mass is 16.4. The molecule has 5 nitrogen and oxygen atoms in total. The summed E-state index contributed by atoms with van der Waals surface area (Å²) in [6.45, 7) is 4.34. The Labute approximate surface area is 78.0 Å².